The molecule has 0 bridgehead atoms. The van der Waals surface area contributed by atoms with Gasteiger partial charge in [0.25, 0.3) is 0 Å². The molecule has 1 aromatic heterocycles. The van der Waals surface area contributed by atoms with Gasteiger partial charge in [-0.3, -0.25) is 0 Å². The first-order valence-electron chi connectivity index (χ1n) is 12.8. The molecule has 2 heterocycles. The van der Waals surface area contributed by atoms with Gasteiger partial charge in [0.1, 0.15) is 7.05 Å². The summed E-state index contributed by atoms with van der Waals surface area (Å²) in [4.78, 5) is 2.87. The highest BCUT2D eigenvalue weighted by molar-refractivity contribution is 8.00. The number of hydrogen-bond donors (Lipinski definition) is 0. The van der Waals surface area contributed by atoms with Gasteiger partial charge in [-0.15, -0.1) is 0 Å². The Morgan fingerprint density at radius 3 is 2.34 bits per heavy atom. The van der Waals surface area contributed by atoms with Crippen molar-refractivity contribution < 1.29 is 4.57 Å². The van der Waals surface area contributed by atoms with Gasteiger partial charge in [-0.2, -0.15) is 0 Å². The summed E-state index contributed by atoms with van der Waals surface area (Å²) in [5.74, 6) is 0.604. The molecule has 0 amide bonds. The number of aryl methyl sites for hydroxylation is 2. The predicted molar refractivity (Wildman–Crippen MR) is 156 cm³/mol. The second-order valence-corrected chi connectivity index (χ2v) is 17.8. The van der Waals surface area contributed by atoms with Crippen LogP contribution in [0.4, 0.5) is 0 Å². The van der Waals surface area contributed by atoms with Crippen molar-refractivity contribution in [2.24, 2.45) is 13.0 Å². The minimum atomic E-state index is -1.39. The third-order valence-corrected chi connectivity index (χ3v) is 10.9. The molecule has 176 valence electrons. The Labute approximate surface area is 214 Å². The molecular formula is C32H34NSSi+. The van der Waals surface area contributed by atoms with E-state index in [-0.39, 0.29) is 0 Å². The molecule has 0 N–H and O–H groups in total. The SMILES string of the molecule is Cc1c2c(c(CC(C)C)c3ccccc13)Sc1cc3cc([Si](C)(C)C)ccc3c3cc[n+](C)c-2c13. The first-order valence-corrected chi connectivity index (χ1v) is 17.1. The Morgan fingerprint density at radius 2 is 1.63 bits per heavy atom. The van der Waals surface area contributed by atoms with Gasteiger partial charge in [0.15, 0.2) is 6.20 Å². The monoisotopic (exact) mass is 492 g/mol. The van der Waals surface area contributed by atoms with Crippen LogP contribution in [-0.4, -0.2) is 8.07 Å². The van der Waals surface area contributed by atoms with Crippen molar-refractivity contribution in [3.8, 4) is 11.3 Å². The fourth-order valence-electron chi connectivity index (χ4n) is 5.88. The zero-order valence-electron chi connectivity index (χ0n) is 21.9. The summed E-state index contributed by atoms with van der Waals surface area (Å²) in [6.07, 6.45) is 3.36. The lowest BCUT2D eigenvalue weighted by Crippen LogP contribution is -2.37. The van der Waals surface area contributed by atoms with E-state index in [1.165, 1.54) is 69.7 Å². The highest BCUT2D eigenvalue weighted by Gasteiger charge is 2.32. The van der Waals surface area contributed by atoms with Gasteiger partial charge in [-0.05, 0) is 58.0 Å². The first-order chi connectivity index (χ1) is 16.6. The van der Waals surface area contributed by atoms with Crippen LogP contribution in [0.15, 0.2) is 70.6 Å². The van der Waals surface area contributed by atoms with E-state index in [0.29, 0.717) is 5.92 Å². The number of nitrogens with zero attached hydrogens (tertiary/aromatic N) is 1. The number of pyridine rings is 1. The van der Waals surface area contributed by atoms with Crippen LogP contribution in [0.2, 0.25) is 19.6 Å². The van der Waals surface area contributed by atoms with E-state index in [1.807, 2.05) is 11.8 Å². The topological polar surface area (TPSA) is 3.88 Å². The molecule has 0 saturated heterocycles. The standard InChI is InChI=1S/C32H34NSSi/c1-19(2)16-27-25-11-9-8-10-23(25)20(3)29-31-30-26(14-15-33(31)4)24-13-12-22(35(5,6)7)17-21(24)18-28(30)34-32(27)29/h8-15,17-19H,16H2,1-7H3/q+1. The Kier molecular flexibility index (Phi) is 5.18. The molecule has 0 radical (unpaired) electrons. The lowest BCUT2D eigenvalue weighted by atomic mass is 9.88. The van der Waals surface area contributed by atoms with Gasteiger partial charge in [0.2, 0.25) is 5.69 Å². The molecule has 5 aromatic rings. The largest absolute Gasteiger partial charge is 0.222 e. The molecular weight excluding hydrogens is 459 g/mol. The van der Waals surface area contributed by atoms with Crippen molar-refractivity contribution >= 4 is 57.3 Å². The average molecular weight is 493 g/mol. The van der Waals surface area contributed by atoms with E-state index < -0.39 is 8.07 Å². The lowest BCUT2D eigenvalue weighted by molar-refractivity contribution is -0.659. The molecule has 0 unspecified atom stereocenters. The second-order valence-electron chi connectivity index (χ2n) is 11.7. The maximum Gasteiger partial charge on any atom is 0.222 e. The highest BCUT2D eigenvalue weighted by Crippen LogP contribution is 2.52. The Morgan fingerprint density at radius 1 is 0.886 bits per heavy atom. The van der Waals surface area contributed by atoms with E-state index >= 15 is 0 Å². The van der Waals surface area contributed by atoms with Crippen molar-refractivity contribution in [3.63, 3.8) is 0 Å². The fraction of sp³-hybridized carbons (Fsp3) is 0.281. The van der Waals surface area contributed by atoms with Gasteiger partial charge >= 0.3 is 0 Å². The van der Waals surface area contributed by atoms with Gasteiger partial charge in [0, 0.05) is 21.2 Å². The van der Waals surface area contributed by atoms with Crippen LogP contribution in [0.3, 0.4) is 0 Å². The van der Waals surface area contributed by atoms with Crippen molar-refractivity contribution in [2.75, 3.05) is 0 Å². The van der Waals surface area contributed by atoms with Crippen molar-refractivity contribution in [1.82, 2.24) is 0 Å². The second kappa shape index (κ2) is 7.94. The average Bonchev–Trinajstić information content (AvgIpc) is 2.81. The smallest absolute Gasteiger partial charge is 0.200 e. The lowest BCUT2D eigenvalue weighted by Gasteiger charge is -2.26. The molecule has 1 aliphatic heterocycles. The molecule has 1 aliphatic rings. The number of aromatic nitrogens is 1. The highest BCUT2D eigenvalue weighted by atomic mass is 32.2. The van der Waals surface area contributed by atoms with Gasteiger partial charge < -0.3 is 0 Å². The number of rotatable bonds is 3. The van der Waals surface area contributed by atoms with E-state index in [2.05, 4.69) is 113 Å². The molecule has 0 saturated carbocycles. The van der Waals surface area contributed by atoms with Crippen molar-refractivity contribution in [1.29, 1.82) is 0 Å². The summed E-state index contributed by atoms with van der Waals surface area (Å²) in [6.45, 7) is 14.3. The summed E-state index contributed by atoms with van der Waals surface area (Å²) >= 11 is 2.01. The first kappa shape index (κ1) is 22.8. The van der Waals surface area contributed by atoms with Crippen molar-refractivity contribution in [2.45, 2.75) is 56.6 Å². The molecule has 6 rings (SSSR count). The van der Waals surface area contributed by atoms with Crippen molar-refractivity contribution in [3.05, 3.63) is 71.9 Å². The normalized spacial score (nSPS) is 13.3. The van der Waals surface area contributed by atoms with E-state index in [4.69, 9.17) is 0 Å². The van der Waals surface area contributed by atoms with Crippen LogP contribution in [0.1, 0.15) is 25.0 Å². The molecule has 0 aliphatic carbocycles. The van der Waals surface area contributed by atoms with Gasteiger partial charge in [-0.1, -0.05) is 92.9 Å². The third kappa shape index (κ3) is 3.47. The third-order valence-electron chi connectivity index (χ3n) is 7.66. The Hall–Kier alpha value is -2.62. The zero-order valence-corrected chi connectivity index (χ0v) is 23.7. The Balaban J connectivity index is 1.77. The number of hydrogen-bond acceptors (Lipinski definition) is 1. The van der Waals surface area contributed by atoms with Crippen LogP contribution in [-0.2, 0) is 13.5 Å². The van der Waals surface area contributed by atoms with Crippen LogP contribution in [0, 0.1) is 12.8 Å². The molecule has 35 heavy (non-hydrogen) atoms. The van der Waals surface area contributed by atoms with Gasteiger partial charge in [0.05, 0.1) is 19.0 Å². The molecule has 0 spiro atoms. The molecule has 4 aromatic carbocycles. The Bertz CT molecular complexity index is 1670. The number of benzene rings is 4. The summed E-state index contributed by atoms with van der Waals surface area (Å²) < 4.78 is 2.35. The zero-order chi connectivity index (χ0) is 24.6. The maximum atomic E-state index is 2.47. The number of fused-ring (bicyclic) bond motifs is 5. The van der Waals surface area contributed by atoms with Gasteiger partial charge in [-0.25, -0.2) is 4.57 Å². The molecule has 1 nitrogen and oxygen atoms in total. The van der Waals surface area contributed by atoms with E-state index in [1.54, 1.807) is 0 Å². The van der Waals surface area contributed by atoms with Crippen LogP contribution in [0.25, 0.3) is 43.6 Å². The molecule has 0 atom stereocenters. The van der Waals surface area contributed by atoms with E-state index in [0.717, 1.165) is 6.42 Å². The summed E-state index contributed by atoms with van der Waals surface area (Å²) in [5.41, 5.74) is 5.72. The summed E-state index contributed by atoms with van der Waals surface area (Å²) in [7, 11) is 0.830. The van der Waals surface area contributed by atoms with E-state index in [9.17, 15) is 0 Å². The van der Waals surface area contributed by atoms with Crippen LogP contribution >= 0.6 is 11.8 Å². The minimum absolute atomic E-state index is 0.604. The molecule has 0 fully saturated rings. The maximum absolute atomic E-state index is 2.47. The van der Waals surface area contributed by atoms with Crippen LogP contribution < -0.4 is 9.75 Å². The fourth-order valence-corrected chi connectivity index (χ4v) is 8.44. The van der Waals surface area contributed by atoms with Crippen LogP contribution in [0.5, 0.6) is 0 Å². The quantitative estimate of drug-likeness (QED) is 0.137. The molecule has 3 heteroatoms. The minimum Gasteiger partial charge on any atom is -0.200 e. The summed E-state index contributed by atoms with van der Waals surface area (Å²) in [5, 5.41) is 9.89. The predicted octanol–water partition coefficient (Wildman–Crippen LogP) is 8.15. The summed E-state index contributed by atoms with van der Waals surface area (Å²) in [6, 6.07) is 21.1.